The van der Waals surface area contributed by atoms with Crippen LogP contribution < -0.4 is 4.31 Å². The van der Waals surface area contributed by atoms with Crippen LogP contribution in [0.15, 0.2) is 10.8 Å². The molecule has 0 N–H and O–H groups in total. The minimum Gasteiger partial charge on any atom is -0.271 e. The van der Waals surface area contributed by atoms with E-state index >= 15 is 0 Å². The zero-order valence-electron chi connectivity index (χ0n) is 7.73. The van der Waals surface area contributed by atoms with Crippen LogP contribution in [0.4, 0.5) is 5.69 Å². The molecule has 0 aliphatic carbocycles. The van der Waals surface area contributed by atoms with E-state index in [1.54, 1.807) is 32.2 Å². The van der Waals surface area contributed by atoms with Crippen molar-refractivity contribution in [2.45, 2.75) is 18.6 Å². The first-order chi connectivity index (χ1) is 5.89. The fourth-order valence-corrected chi connectivity index (χ4v) is 4.31. The molecule has 1 aliphatic rings. The van der Waals surface area contributed by atoms with Gasteiger partial charge in [-0.3, -0.25) is 4.31 Å². The van der Waals surface area contributed by atoms with E-state index in [0.717, 1.165) is 11.3 Å². The lowest BCUT2D eigenvalue weighted by Gasteiger charge is -2.19. The number of hydrogen-bond acceptors (Lipinski definition) is 3. The molecular weight excluding hydrogens is 206 g/mol. The van der Waals surface area contributed by atoms with E-state index in [9.17, 15) is 8.42 Å². The summed E-state index contributed by atoms with van der Waals surface area (Å²) in [7, 11) is -1.57. The lowest BCUT2D eigenvalue weighted by molar-refractivity contribution is 0.562. The number of sulfonamides is 1. The van der Waals surface area contributed by atoms with Crippen LogP contribution in [0.1, 0.15) is 19.4 Å². The molecule has 0 saturated carbocycles. The van der Waals surface area contributed by atoms with Crippen molar-refractivity contribution in [3.63, 3.8) is 0 Å². The molecule has 13 heavy (non-hydrogen) atoms. The van der Waals surface area contributed by atoms with Gasteiger partial charge < -0.3 is 0 Å². The van der Waals surface area contributed by atoms with Gasteiger partial charge in [0, 0.05) is 18.0 Å². The number of fused-ring (bicyclic) bond motifs is 1. The molecule has 0 bridgehead atoms. The Morgan fingerprint density at radius 2 is 2.00 bits per heavy atom. The molecule has 2 rings (SSSR count). The summed E-state index contributed by atoms with van der Waals surface area (Å²) in [6.07, 6.45) is 0. The average Bonchev–Trinajstić information content (AvgIpc) is 2.53. The van der Waals surface area contributed by atoms with Gasteiger partial charge in [0.25, 0.3) is 0 Å². The Kier molecular flexibility index (Phi) is 1.58. The Bertz CT molecular complexity index is 444. The van der Waals surface area contributed by atoms with Gasteiger partial charge in [-0.15, -0.1) is 11.3 Å². The fraction of sp³-hybridized carbons (Fsp3) is 0.500. The maximum absolute atomic E-state index is 11.9. The molecule has 72 valence electrons. The maximum Gasteiger partial charge on any atom is 0.244 e. The largest absolute Gasteiger partial charge is 0.271 e. The molecule has 2 heterocycles. The van der Waals surface area contributed by atoms with Gasteiger partial charge in [0.1, 0.15) is 4.75 Å². The van der Waals surface area contributed by atoms with Gasteiger partial charge in [-0.1, -0.05) is 0 Å². The van der Waals surface area contributed by atoms with E-state index < -0.39 is 14.8 Å². The van der Waals surface area contributed by atoms with Crippen molar-refractivity contribution in [2.75, 3.05) is 11.4 Å². The monoisotopic (exact) mass is 217 g/mol. The van der Waals surface area contributed by atoms with E-state index in [0.29, 0.717) is 0 Å². The topological polar surface area (TPSA) is 37.4 Å². The predicted octanol–water partition coefficient (Wildman–Crippen LogP) is 1.76. The highest BCUT2D eigenvalue weighted by atomic mass is 32.2. The highest BCUT2D eigenvalue weighted by Crippen LogP contribution is 2.47. The van der Waals surface area contributed by atoms with Crippen LogP contribution in [0.3, 0.4) is 0 Å². The Morgan fingerprint density at radius 3 is 2.54 bits per heavy atom. The van der Waals surface area contributed by atoms with Gasteiger partial charge in [0.2, 0.25) is 10.0 Å². The molecular formula is C8H11NO2S2. The highest BCUT2D eigenvalue weighted by molar-refractivity contribution is 7.94. The minimum atomic E-state index is -3.18. The van der Waals surface area contributed by atoms with Gasteiger partial charge in [-0.05, 0) is 19.2 Å². The van der Waals surface area contributed by atoms with Crippen LogP contribution >= 0.6 is 11.3 Å². The SMILES string of the molecule is CN1c2cscc2C(C)(C)S1(=O)=O. The average molecular weight is 217 g/mol. The first kappa shape index (κ1) is 9.02. The van der Waals surface area contributed by atoms with Gasteiger partial charge in [-0.2, -0.15) is 0 Å². The molecule has 1 aliphatic heterocycles. The molecule has 1 aromatic rings. The lowest BCUT2D eigenvalue weighted by atomic mass is 10.1. The van der Waals surface area contributed by atoms with Crippen molar-refractivity contribution in [2.24, 2.45) is 0 Å². The molecule has 0 spiro atoms. The number of nitrogens with zero attached hydrogens (tertiary/aromatic N) is 1. The van der Waals surface area contributed by atoms with Crippen molar-refractivity contribution < 1.29 is 8.42 Å². The van der Waals surface area contributed by atoms with Gasteiger partial charge in [0.05, 0.1) is 5.69 Å². The molecule has 3 nitrogen and oxygen atoms in total. The summed E-state index contributed by atoms with van der Waals surface area (Å²) < 4.78 is 24.3. The summed E-state index contributed by atoms with van der Waals surface area (Å²) in [5, 5.41) is 3.79. The van der Waals surface area contributed by atoms with Crippen molar-refractivity contribution in [3.8, 4) is 0 Å². The molecule has 0 aromatic carbocycles. The minimum absolute atomic E-state index is 0.767. The maximum atomic E-state index is 11.9. The molecule has 0 unspecified atom stereocenters. The number of thiophene rings is 1. The fourth-order valence-electron chi connectivity index (χ4n) is 1.60. The smallest absolute Gasteiger partial charge is 0.244 e. The summed E-state index contributed by atoms with van der Waals surface area (Å²) in [6, 6.07) is 0. The van der Waals surface area contributed by atoms with Crippen molar-refractivity contribution in [3.05, 3.63) is 16.3 Å². The molecule has 0 fully saturated rings. The molecule has 5 heteroatoms. The Balaban J connectivity index is 2.78. The van der Waals surface area contributed by atoms with Crippen LogP contribution in [-0.2, 0) is 14.8 Å². The third-order valence-corrected chi connectivity index (χ3v) is 5.79. The normalized spacial score (nSPS) is 23.2. The third-order valence-electron chi connectivity index (χ3n) is 2.63. The Hall–Kier alpha value is -0.550. The summed E-state index contributed by atoms with van der Waals surface area (Å²) in [5.74, 6) is 0. The first-order valence-corrected chi connectivity index (χ1v) is 6.32. The van der Waals surface area contributed by atoms with Crippen LogP contribution in [-0.4, -0.2) is 15.5 Å². The zero-order chi connectivity index (χ0) is 9.85. The molecule has 0 atom stereocenters. The molecule has 0 amide bonds. The second-order valence-corrected chi connectivity index (χ2v) is 6.92. The van der Waals surface area contributed by atoms with Crippen molar-refractivity contribution in [1.29, 1.82) is 0 Å². The van der Waals surface area contributed by atoms with Gasteiger partial charge in [0.15, 0.2) is 0 Å². The van der Waals surface area contributed by atoms with Crippen molar-refractivity contribution in [1.82, 2.24) is 0 Å². The predicted molar refractivity (Wildman–Crippen MR) is 54.7 cm³/mol. The Morgan fingerprint density at radius 1 is 1.38 bits per heavy atom. The van der Waals surface area contributed by atoms with E-state index in [4.69, 9.17) is 0 Å². The van der Waals surface area contributed by atoms with Crippen LogP contribution in [0.2, 0.25) is 0 Å². The molecule has 0 radical (unpaired) electrons. The van der Waals surface area contributed by atoms with Crippen LogP contribution in [0.5, 0.6) is 0 Å². The first-order valence-electron chi connectivity index (χ1n) is 3.94. The van der Waals surface area contributed by atoms with Gasteiger partial charge >= 0.3 is 0 Å². The van der Waals surface area contributed by atoms with E-state index in [-0.39, 0.29) is 0 Å². The molecule has 0 saturated heterocycles. The highest BCUT2D eigenvalue weighted by Gasteiger charge is 2.48. The zero-order valence-corrected chi connectivity index (χ0v) is 9.37. The summed E-state index contributed by atoms with van der Waals surface area (Å²) in [6.45, 7) is 3.49. The number of anilines is 1. The third kappa shape index (κ3) is 0.862. The second kappa shape index (κ2) is 2.27. The van der Waals surface area contributed by atoms with Crippen LogP contribution in [0.25, 0.3) is 0 Å². The van der Waals surface area contributed by atoms with Gasteiger partial charge in [-0.25, -0.2) is 8.42 Å². The van der Waals surface area contributed by atoms with E-state index in [1.165, 1.54) is 4.31 Å². The van der Waals surface area contributed by atoms with E-state index in [1.807, 2.05) is 10.8 Å². The summed E-state index contributed by atoms with van der Waals surface area (Å²) in [4.78, 5) is 0. The van der Waals surface area contributed by atoms with E-state index in [2.05, 4.69) is 0 Å². The number of hydrogen-bond donors (Lipinski definition) is 0. The number of rotatable bonds is 0. The van der Waals surface area contributed by atoms with Crippen molar-refractivity contribution >= 4 is 27.0 Å². The quantitative estimate of drug-likeness (QED) is 0.664. The standard InChI is InChI=1S/C8H11NO2S2/c1-8(2)6-4-12-5-7(6)9(3)13(8,10)11/h4-5H,1-3H3. The Labute approximate surface area is 82.0 Å². The van der Waals surface area contributed by atoms with Crippen LogP contribution in [0, 0.1) is 0 Å². The lowest BCUT2D eigenvalue weighted by Crippen LogP contribution is -2.33. The summed E-state index contributed by atoms with van der Waals surface area (Å²) in [5.41, 5.74) is 1.75. The summed E-state index contributed by atoms with van der Waals surface area (Å²) >= 11 is 1.54. The molecule has 1 aromatic heterocycles. The second-order valence-electron chi connectivity index (χ2n) is 3.65.